The van der Waals surface area contributed by atoms with Crippen LogP contribution in [0.3, 0.4) is 0 Å². The summed E-state index contributed by atoms with van der Waals surface area (Å²) in [4.78, 5) is 31.1. The Morgan fingerprint density at radius 1 is 1.29 bits per heavy atom. The number of fused-ring (bicyclic) bond motifs is 1. The Bertz CT molecular complexity index is 746. The maximum absolute atomic E-state index is 12.1. The number of Topliss-reactive ketones (excluding diaryl/α,β-unsaturated/α-hetero) is 1. The highest BCUT2D eigenvalue weighted by Gasteiger charge is 2.09. The number of esters is 1. The van der Waals surface area contributed by atoms with E-state index in [0.29, 0.717) is 31.4 Å². The van der Waals surface area contributed by atoms with Gasteiger partial charge in [-0.1, -0.05) is 19.9 Å². The number of aromatic nitrogens is 2. The van der Waals surface area contributed by atoms with Gasteiger partial charge in [0, 0.05) is 24.0 Å². The molecule has 1 N–H and O–H groups in total. The Morgan fingerprint density at radius 2 is 2.08 bits per heavy atom. The van der Waals surface area contributed by atoms with E-state index in [2.05, 4.69) is 23.5 Å². The molecule has 1 aromatic heterocycles. The molecule has 0 spiro atoms. The maximum Gasteiger partial charge on any atom is 0.333 e. The molecule has 0 aliphatic heterocycles. The summed E-state index contributed by atoms with van der Waals surface area (Å²) in [6.45, 7) is 7.58. The number of unbranched alkanes of at least 4 members (excludes halogenated alkanes) is 1. The molecule has 1 heterocycles. The molecule has 5 nitrogen and oxygen atoms in total. The lowest BCUT2D eigenvalue weighted by molar-refractivity contribution is -0.139. The largest absolute Gasteiger partial charge is 0.462 e. The molecule has 128 valence electrons. The van der Waals surface area contributed by atoms with Crippen molar-refractivity contribution in [2.45, 2.75) is 46.0 Å². The van der Waals surface area contributed by atoms with Crippen LogP contribution in [0.15, 0.2) is 30.4 Å². The molecule has 0 saturated carbocycles. The van der Waals surface area contributed by atoms with Gasteiger partial charge >= 0.3 is 5.97 Å². The summed E-state index contributed by atoms with van der Waals surface area (Å²) in [6.07, 6.45) is 3.86. The van der Waals surface area contributed by atoms with Crippen LogP contribution in [0, 0.1) is 0 Å². The highest BCUT2D eigenvalue weighted by molar-refractivity contribution is 5.98. The molecular formula is C19H24N2O3. The van der Waals surface area contributed by atoms with Gasteiger partial charge in [-0.3, -0.25) is 4.79 Å². The van der Waals surface area contributed by atoms with E-state index >= 15 is 0 Å². The third kappa shape index (κ3) is 4.78. The van der Waals surface area contributed by atoms with Crippen molar-refractivity contribution in [1.29, 1.82) is 0 Å². The van der Waals surface area contributed by atoms with E-state index in [1.54, 1.807) is 6.92 Å². The van der Waals surface area contributed by atoms with Gasteiger partial charge in [0.25, 0.3) is 0 Å². The first-order valence-corrected chi connectivity index (χ1v) is 8.35. The smallest absolute Gasteiger partial charge is 0.333 e. The van der Waals surface area contributed by atoms with Crippen LogP contribution in [0.25, 0.3) is 11.0 Å². The van der Waals surface area contributed by atoms with Crippen molar-refractivity contribution in [1.82, 2.24) is 9.97 Å². The predicted molar refractivity (Wildman–Crippen MR) is 94.0 cm³/mol. The summed E-state index contributed by atoms with van der Waals surface area (Å²) in [6, 6.07) is 5.57. The third-order valence-electron chi connectivity index (χ3n) is 3.75. The zero-order valence-electron chi connectivity index (χ0n) is 14.4. The second kappa shape index (κ2) is 8.43. The Morgan fingerprint density at radius 3 is 2.79 bits per heavy atom. The summed E-state index contributed by atoms with van der Waals surface area (Å²) < 4.78 is 5.06. The molecule has 24 heavy (non-hydrogen) atoms. The Balaban J connectivity index is 1.94. The minimum atomic E-state index is -0.366. The van der Waals surface area contributed by atoms with Crippen molar-refractivity contribution < 1.29 is 14.3 Å². The van der Waals surface area contributed by atoms with Crippen LogP contribution in [0.5, 0.6) is 0 Å². The van der Waals surface area contributed by atoms with Crippen molar-refractivity contribution in [3.05, 3.63) is 41.7 Å². The van der Waals surface area contributed by atoms with Crippen molar-refractivity contribution in [2.24, 2.45) is 0 Å². The molecule has 5 heteroatoms. The normalized spacial score (nSPS) is 10.8. The number of ether oxygens (including phenoxy) is 1. The van der Waals surface area contributed by atoms with E-state index in [4.69, 9.17) is 4.74 Å². The van der Waals surface area contributed by atoms with E-state index in [1.807, 2.05) is 18.2 Å². The first-order chi connectivity index (χ1) is 11.5. The second-order valence-electron chi connectivity index (χ2n) is 5.96. The lowest BCUT2D eigenvalue weighted by Gasteiger charge is -2.02. The summed E-state index contributed by atoms with van der Waals surface area (Å²) in [7, 11) is 0. The molecule has 0 aliphatic carbocycles. The van der Waals surface area contributed by atoms with Gasteiger partial charge in [0.1, 0.15) is 5.82 Å². The Labute approximate surface area is 142 Å². The number of nitrogens with one attached hydrogen (secondary N) is 1. The lowest BCUT2D eigenvalue weighted by Crippen LogP contribution is -2.07. The minimum Gasteiger partial charge on any atom is -0.462 e. The van der Waals surface area contributed by atoms with Crippen LogP contribution in [0.4, 0.5) is 0 Å². The van der Waals surface area contributed by atoms with Gasteiger partial charge in [0.05, 0.1) is 17.6 Å². The summed E-state index contributed by atoms with van der Waals surface area (Å²) in [5.41, 5.74) is 2.84. The first-order valence-electron chi connectivity index (χ1n) is 8.35. The molecule has 0 bridgehead atoms. The van der Waals surface area contributed by atoms with Crippen molar-refractivity contribution in [2.75, 3.05) is 6.61 Å². The number of aromatic amines is 1. The first kappa shape index (κ1) is 17.9. The zero-order chi connectivity index (χ0) is 17.5. The number of hydrogen-bond donors (Lipinski definition) is 1. The molecule has 0 aliphatic rings. The van der Waals surface area contributed by atoms with Crippen LogP contribution < -0.4 is 0 Å². The molecule has 0 radical (unpaired) electrons. The fraction of sp³-hybridized carbons (Fsp3) is 0.421. The topological polar surface area (TPSA) is 72.0 Å². The number of hydrogen-bond acceptors (Lipinski definition) is 4. The second-order valence-corrected chi connectivity index (χ2v) is 5.96. The van der Waals surface area contributed by atoms with Crippen molar-refractivity contribution in [3.63, 3.8) is 0 Å². The van der Waals surface area contributed by atoms with Gasteiger partial charge in [-0.2, -0.15) is 0 Å². The average molecular weight is 328 g/mol. The number of ketones is 1. The van der Waals surface area contributed by atoms with Gasteiger partial charge in [-0.25, -0.2) is 9.78 Å². The summed E-state index contributed by atoms with van der Waals surface area (Å²) in [5.74, 6) is 0.631. The van der Waals surface area contributed by atoms with E-state index in [0.717, 1.165) is 35.3 Å². The number of rotatable bonds is 9. The molecule has 0 fully saturated rings. The molecule has 0 amide bonds. The number of carbonyl (C=O) groups excluding carboxylic acids is 2. The zero-order valence-corrected chi connectivity index (χ0v) is 14.4. The van der Waals surface area contributed by atoms with Crippen LogP contribution in [-0.2, 0) is 16.0 Å². The number of H-pyrrole nitrogens is 1. The van der Waals surface area contributed by atoms with Crippen molar-refractivity contribution in [3.8, 4) is 0 Å². The number of aryl methyl sites for hydroxylation is 1. The fourth-order valence-corrected chi connectivity index (χ4v) is 2.36. The molecule has 0 atom stereocenters. The minimum absolute atomic E-state index is 0.168. The molecule has 2 aromatic rings. The molecule has 1 aromatic carbocycles. The van der Waals surface area contributed by atoms with E-state index < -0.39 is 0 Å². The highest BCUT2D eigenvalue weighted by atomic mass is 16.5. The average Bonchev–Trinajstić information content (AvgIpc) is 2.97. The van der Waals surface area contributed by atoms with E-state index in [-0.39, 0.29) is 11.8 Å². The van der Waals surface area contributed by atoms with Gasteiger partial charge in [0.2, 0.25) is 0 Å². The maximum atomic E-state index is 12.1. The molecule has 2 rings (SSSR count). The lowest BCUT2D eigenvalue weighted by atomic mass is 10.1. The number of carbonyl (C=O) groups is 2. The molecule has 0 unspecified atom stereocenters. The third-order valence-corrected chi connectivity index (χ3v) is 3.75. The van der Waals surface area contributed by atoms with Crippen molar-refractivity contribution >= 4 is 22.8 Å². The summed E-state index contributed by atoms with van der Waals surface area (Å²) in [5, 5.41) is 0. The SMILES string of the molecule is C=C(C)C(=O)OCCCc1nc2ccc(C(=O)CCCC)cc2[nH]1. The van der Waals surface area contributed by atoms with Gasteiger partial charge < -0.3 is 9.72 Å². The number of benzene rings is 1. The monoisotopic (exact) mass is 328 g/mol. The number of imidazole rings is 1. The van der Waals surface area contributed by atoms with E-state index in [1.165, 1.54) is 0 Å². The van der Waals surface area contributed by atoms with Gasteiger partial charge in [-0.05, 0) is 38.0 Å². The standard InChI is InChI=1S/C19H24N2O3/c1-4-5-7-17(22)14-9-10-15-16(12-14)21-18(20-15)8-6-11-24-19(23)13(2)3/h9-10,12H,2,4-8,11H2,1,3H3,(H,20,21). The van der Waals surface area contributed by atoms with Crippen LogP contribution in [0.1, 0.15) is 55.7 Å². The molecular weight excluding hydrogens is 304 g/mol. The van der Waals surface area contributed by atoms with Gasteiger partial charge in [-0.15, -0.1) is 0 Å². The van der Waals surface area contributed by atoms with Crippen LogP contribution >= 0.6 is 0 Å². The quantitative estimate of drug-likeness (QED) is 0.327. The van der Waals surface area contributed by atoms with E-state index in [9.17, 15) is 9.59 Å². The Kier molecular flexibility index (Phi) is 6.29. The van der Waals surface area contributed by atoms with Crippen LogP contribution in [-0.4, -0.2) is 28.3 Å². The number of nitrogens with zero attached hydrogens (tertiary/aromatic N) is 1. The van der Waals surface area contributed by atoms with Gasteiger partial charge in [0.15, 0.2) is 5.78 Å². The molecule has 0 saturated heterocycles. The predicted octanol–water partition coefficient (Wildman–Crippen LogP) is 3.99. The highest BCUT2D eigenvalue weighted by Crippen LogP contribution is 2.16. The summed E-state index contributed by atoms with van der Waals surface area (Å²) >= 11 is 0. The van der Waals surface area contributed by atoms with Crippen LogP contribution in [0.2, 0.25) is 0 Å². The fourth-order valence-electron chi connectivity index (χ4n) is 2.36. The Hall–Kier alpha value is -2.43.